The summed E-state index contributed by atoms with van der Waals surface area (Å²) in [5.41, 5.74) is 0.395. The quantitative estimate of drug-likeness (QED) is 0.369. The maximum Gasteiger partial charge on any atom is 0.294 e. The summed E-state index contributed by atoms with van der Waals surface area (Å²) >= 11 is 0.764. The van der Waals surface area contributed by atoms with Gasteiger partial charge in [-0.05, 0) is 23.4 Å². The van der Waals surface area contributed by atoms with Gasteiger partial charge in [-0.25, -0.2) is 0 Å². The summed E-state index contributed by atoms with van der Waals surface area (Å²) in [4.78, 5) is 34.8. The number of rotatable bonds is 3. The lowest BCUT2D eigenvalue weighted by molar-refractivity contribution is -0.384. The van der Waals surface area contributed by atoms with Crippen molar-refractivity contribution < 1.29 is 14.5 Å². The molecule has 0 radical (unpaired) electrons. The summed E-state index contributed by atoms with van der Waals surface area (Å²) in [6.45, 7) is -0.0864. The van der Waals surface area contributed by atoms with Crippen molar-refractivity contribution in [3.8, 4) is 12.3 Å². The molecule has 20 heavy (non-hydrogen) atoms. The van der Waals surface area contributed by atoms with Gasteiger partial charge in [-0.2, -0.15) is 0 Å². The summed E-state index contributed by atoms with van der Waals surface area (Å²) in [5, 5.41) is 10.2. The van der Waals surface area contributed by atoms with Crippen LogP contribution in [0.25, 0.3) is 6.08 Å². The number of non-ortho nitro benzene ring substituents is 1. The van der Waals surface area contributed by atoms with Crippen LogP contribution in [0.2, 0.25) is 0 Å². The van der Waals surface area contributed by atoms with E-state index < -0.39 is 16.1 Å². The highest BCUT2D eigenvalue weighted by Crippen LogP contribution is 2.32. The number of terminal acetylenes is 1. The molecule has 1 fully saturated rings. The first-order chi connectivity index (χ1) is 9.52. The lowest BCUT2D eigenvalue weighted by Crippen LogP contribution is -2.28. The molecule has 0 saturated carbocycles. The predicted molar refractivity (Wildman–Crippen MR) is 74.6 cm³/mol. The Morgan fingerprint density at radius 2 is 2.20 bits per heavy atom. The fourth-order valence-electron chi connectivity index (χ4n) is 1.61. The number of hydrogen-bond donors (Lipinski definition) is 0. The molecular weight excluding hydrogens is 280 g/mol. The largest absolute Gasteiger partial charge is 0.294 e. The highest BCUT2D eigenvalue weighted by Gasteiger charge is 2.34. The fourth-order valence-corrected chi connectivity index (χ4v) is 2.45. The molecule has 0 aliphatic carbocycles. The van der Waals surface area contributed by atoms with Gasteiger partial charge in [0.2, 0.25) is 0 Å². The number of imide groups is 1. The van der Waals surface area contributed by atoms with E-state index in [9.17, 15) is 19.7 Å². The normalized spacial score (nSPS) is 16.6. The highest BCUT2D eigenvalue weighted by molar-refractivity contribution is 8.18. The minimum atomic E-state index is -0.526. The Kier molecular flexibility index (Phi) is 3.86. The zero-order chi connectivity index (χ0) is 14.7. The lowest BCUT2D eigenvalue weighted by atomic mass is 10.2. The molecule has 2 amide bonds. The number of benzene rings is 1. The van der Waals surface area contributed by atoms with Crippen LogP contribution in [0.15, 0.2) is 29.2 Å². The van der Waals surface area contributed by atoms with Crippen LogP contribution in [0.3, 0.4) is 0 Å². The van der Waals surface area contributed by atoms with E-state index in [0.29, 0.717) is 5.56 Å². The second kappa shape index (κ2) is 5.59. The predicted octanol–water partition coefficient (Wildman–Crippen LogP) is 2.26. The number of hydrogen-bond acceptors (Lipinski definition) is 5. The number of nitro benzene ring substituents is 1. The topological polar surface area (TPSA) is 80.5 Å². The van der Waals surface area contributed by atoms with Gasteiger partial charge in [0, 0.05) is 12.1 Å². The van der Waals surface area contributed by atoms with Crippen molar-refractivity contribution in [2.24, 2.45) is 0 Å². The van der Waals surface area contributed by atoms with Crippen molar-refractivity contribution in [1.29, 1.82) is 0 Å². The Morgan fingerprint density at radius 1 is 1.45 bits per heavy atom. The summed E-state index contributed by atoms with van der Waals surface area (Å²) in [6.07, 6.45) is 6.52. The molecule has 0 atom stereocenters. The molecule has 0 bridgehead atoms. The monoisotopic (exact) mass is 288 g/mol. The standard InChI is InChI=1S/C13H8N2O4S/c1-2-6-14-12(16)11(20-13(14)17)8-9-4-3-5-10(7-9)15(18)19/h1,3-5,7-8H,6H2. The van der Waals surface area contributed by atoms with Crippen molar-refractivity contribution in [2.45, 2.75) is 0 Å². The third kappa shape index (κ3) is 2.70. The number of amides is 2. The van der Waals surface area contributed by atoms with Crippen molar-refractivity contribution in [2.75, 3.05) is 6.54 Å². The second-order valence-electron chi connectivity index (χ2n) is 3.82. The Bertz CT molecular complexity index is 675. The van der Waals surface area contributed by atoms with E-state index in [4.69, 9.17) is 6.42 Å². The van der Waals surface area contributed by atoms with E-state index in [1.807, 2.05) is 0 Å². The molecule has 100 valence electrons. The summed E-state index contributed by atoms with van der Waals surface area (Å²) in [7, 11) is 0. The van der Waals surface area contributed by atoms with E-state index in [1.165, 1.54) is 24.3 Å². The van der Waals surface area contributed by atoms with Crippen LogP contribution in [-0.2, 0) is 4.79 Å². The van der Waals surface area contributed by atoms with E-state index >= 15 is 0 Å². The smallest absolute Gasteiger partial charge is 0.268 e. The zero-order valence-corrected chi connectivity index (χ0v) is 10.9. The Morgan fingerprint density at radius 3 is 2.85 bits per heavy atom. The molecule has 6 nitrogen and oxygen atoms in total. The first kappa shape index (κ1) is 13.8. The third-order valence-corrected chi connectivity index (χ3v) is 3.41. The number of thioether (sulfide) groups is 1. The van der Waals surface area contributed by atoms with Crippen LogP contribution in [0, 0.1) is 22.5 Å². The van der Waals surface area contributed by atoms with Crippen LogP contribution in [0.1, 0.15) is 5.56 Å². The van der Waals surface area contributed by atoms with Gasteiger partial charge in [0.25, 0.3) is 16.8 Å². The summed E-state index contributed by atoms with van der Waals surface area (Å²) in [5.74, 6) is 1.75. The van der Waals surface area contributed by atoms with Crippen molar-refractivity contribution in [1.82, 2.24) is 4.90 Å². The number of carbonyl (C=O) groups excluding carboxylic acids is 2. The zero-order valence-electron chi connectivity index (χ0n) is 10.1. The average Bonchev–Trinajstić information content (AvgIpc) is 2.67. The molecular formula is C13H8N2O4S. The van der Waals surface area contributed by atoms with Crippen LogP contribution < -0.4 is 0 Å². The molecule has 0 N–H and O–H groups in total. The van der Waals surface area contributed by atoms with E-state index in [1.54, 1.807) is 6.07 Å². The Labute approximate surface area is 118 Å². The first-order valence-corrected chi connectivity index (χ1v) is 6.28. The third-order valence-electron chi connectivity index (χ3n) is 2.50. The molecule has 1 aromatic carbocycles. The van der Waals surface area contributed by atoms with E-state index in [2.05, 4.69) is 5.92 Å². The van der Waals surface area contributed by atoms with Gasteiger partial charge in [-0.3, -0.25) is 24.6 Å². The molecule has 1 saturated heterocycles. The number of carbonyl (C=O) groups is 2. The molecule has 1 aromatic rings. The maximum absolute atomic E-state index is 11.9. The molecule has 0 aromatic heterocycles. The van der Waals surface area contributed by atoms with E-state index in [0.717, 1.165) is 16.7 Å². The summed E-state index contributed by atoms with van der Waals surface area (Å²) < 4.78 is 0. The van der Waals surface area contributed by atoms with Gasteiger partial charge >= 0.3 is 0 Å². The molecule has 1 heterocycles. The minimum Gasteiger partial charge on any atom is -0.268 e. The van der Waals surface area contributed by atoms with Crippen LogP contribution in [-0.4, -0.2) is 27.5 Å². The molecule has 1 aliphatic rings. The lowest BCUT2D eigenvalue weighted by Gasteiger charge is -2.06. The SMILES string of the molecule is C#CCN1C(=O)SC(=Cc2cccc([N+](=O)[O-])c2)C1=O. The Balaban J connectivity index is 2.31. The van der Waals surface area contributed by atoms with E-state index in [-0.39, 0.29) is 17.1 Å². The van der Waals surface area contributed by atoms with Gasteiger partial charge in [0.15, 0.2) is 0 Å². The molecule has 1 aliphatic heterocycles. The van der Waals surface area contributed by atoms with Crippen LogP contribution in [0.5, 0.6) is 0 Å². The molecule has 0 unspecified atom stereocenters. The highest BCUT2D eigenvalue weighted by atomic mass is 32.2. The fraction of sp³-hybridized carbons (Fsp3) is 0.0769. The van der Waals surface area contributed by atoms with Gasteiger partial charge in [0.05, 0.1) is 16.4 Å². The maximum atomic E-state index is 11.9. The number of nitro groups is 1. The molecule has 0 spiro atoms. The van der Waals surface area contributed by atoms with Gasteiger partial charge < -0.3 is 0 Å². The molecule has 2 rings (SSSR count). The van der Waals surface area contributed by atoms with Crippen LogP contribution in [0.4, 0.5) is 10.5 Å². The van der Waals surface area contributed by atoms with Crippen LogP contribution >= 0.6 is 11.8 Å². The second-order valence-corrected chi connectivity index (χ2v) is 4.82. The first-order valence-electron chi connectivity index (χ1n) is 5.46. The Hall–Kier alpha value is -2.59. The summed E-state index contributed by atoms with van der Waals surface area (Å²) in [6, 6.07) is 5.80. The van der Waals surface area contributed by atoms with Gasteiger partial charge in [-0.1, -0.05) is 18.1 Å². The average molecular weight is 288 g/mol. The van der Waals surface area contributed by atoms with Crippen molar-refractivity contribution in [3.63, 3.8) is 0 Å². The van der Waals surface area contributed by atoms with Crippen molar-refractivity contribution in [3.05, 3.63) is 44.8 Å². The molecule has 7 heteroatoms. The minimum absolute atomic E-state index is 0.0818. The number of nitrogens with zero attached hydrogens (tertiary/aromatic N) is 2. The van der Waals surface area contributed by atoms with Crippen molar-refractivity contribution >= 4 is 34.7 Å². The van der Waals surface area contributed by atoms with Gasteiger partial charge in [-0.15, -0.1) is 6.42 Å². The van der Waals surface area contributed by atoms with Gasteiger partial charge in [0.1, 0.15) is 0 Å².